The molecular formula is C15H15N5O. The Labute approximate surface area is 121 Å². The van der Waals surface area contributed by atoms with Crippen LogP contribution in [0.1, 0.15) is 27.4 Å². The van der Waals surface area contributed by atoms with Crippen LogP contribution in [0.5, 0.6) is 0 Å². The Morgan fingerprint density at radius 3 is 2.57 bits per heavy atom. The first-order chi connectivity index (χ1) is 10.0. The number of carbonyl (C=O) groups excluding carboxylic acids is 1. The maximum atomic E-state index is 12.4. The monoisotopic (exact) mass is 281 g/mol. The fraction of sp³-hybridized carbons (Fsp3) is 0.200. The molecule has 2 aromatic heterocycles. The second-order valence-corrected chi connectivity index (χ2v) is 4.95. The van der Waals surface area contributed by atoms with Crippen LogP contribution in [0.3, 0.4) is 0 Å². The number of aromatic nitrogens is 4. The van der Waals surface area contributed by atoms with Gasteiger partial charge in [-0.3, -0.25) is 4.79 Å². The molecule has 106 valence electrons. The standard InChI is InChI=1S/C15H15N5O/c1-9-4-6-12(7-5-9)18-14(21)13-8-16-15-17-11(3)19-20(15)10(13)2/h4-8H,1-3H3,(H,18,21). The Kier molecular flexibility index (Phi) is 3.13. The molecule has 0 spiro atoms. The van der Waals surface area contributed by atoms with E-state index < -0.39 is 0 Å². The first-order valence-corrected chi connectivity index (χ1v) is 6.61. The number of aryl methyl sites for hydroxylation is 3. The minimum Gasteiger partial charge on any atom is -0.322 e. The van der Waals surface area contributed by atoms with E-state index in [-0.39, 0.29) is 5.91 Å². The smallest absolute Gasteiger partial charge is 0.259 e. The number of benzene rings is 1. The van der Waals surface area contributed by atoms with E-state index in [0.29, 0.717) is 22.9 Å². The second kappa shape index (κ2) is 4.97. The lowest BCUT2D eigenvalue weighted by atomic mass is 10.2. The van der Waals surface area contributed by atoms with E-state index in [4.69, 9.17) is 0 Å². The van der Waals surface area contributed by atoms with Crippen molar-refractivity contribution in [2.75, 3.05) is 5.32 Å². The van der Waals surface area contributed by atoms with Crippen molar-refractivity contribution >= 4 is 17.4 Å². The molecule has 0 aliphatic rings. The molecule has 21 heavy (non-hydrogen) atoms. The fourth-order valence-corrected chi connectivity index (χ4v) is 2.10. The fourth-order valence-electron chi connectivity index (χ4n) is 2.10. The molecule has 1 N–H and O–H groups in total. The lowest BCUT2D eigenvalue weighted by Gasteiger charge is -2.08. The largest absolute Gasteiger partial charge is 0.322 e. The van der Waals surface area contributed by atoms with Crippen molar-refractivity contribution in [3.63, 3.8) is 0 Å². The first kappa shape index (κ1) is 13.2. The van der Waals surface area contributed by atoms with E-state index in [0.717, 1.165) is 11.3 Å². The van der Waals surface area contributed by atoms with Crippen molar-refractivity contribution in [2.24, 2.45) is 0 Å². The highest BCUT2D eigenvalue weighted by atomic mass is 16.1. The molecule has 0 fully saturated rings. The zero-order valence-electron chi connectivity index (χ0n) is 12.1. The molecule has 3 rings (SSSR count). The van der Waals surface area contributed by atoms with Crippen molar-refractivity contribution in [3.8, 4) is 0 Å². The molecular weight excluding hydrogens is 266 g/mol. The van der Waals surface area contributed by atoms with E-state index >= 15 is 0 Å². The normalized spacial score (nSPS) is 10.8. The van der Waals surface area contributed by atoms with Gasteiger partial charge in [0.1, 0.15) is 5.82 Å². The first-order valence-electron chi connectivity index (χ1n) is 6.61. The Morgan fingerprint density at radius 1 is 1.14 bits per heavy atom. The van der Waals surface area contributed by atoms with E-state index in [9.17, 15) is 4.79 Å². The molecule has 0 aliphatic carbocycles. The second-order valence-electron chi connectivity index (χ2n) is 4.95. The zero-order valence-corrected chi connectivity index (χ0v) is 12.1. The van der Waals surface area contributed by atoms with Gasteiger partial charge in [0.25, 0.3) is 11.7 Å². The Balaban J connectivity index is 1.94. The Bertz CT molecular complexity index is 820. The number of fused-ring (bicyclic) bond motifs is 1. The summed E-state index contributed by atoms with van der Waals surface area (Å²) in [7, 11) is 0. The number of rotatable bonds is 2. The van der Waals surface area contributed by atoms with Gasteiger partial charge < -0.3 is 5.32 Å². The van der Waals surface area contributed by atoms with Crippen LogP contribution >= 0.6 is 0 Å². The average molecular weight is 281 g/mol. The van der Waals surface area contributed by atoms with Crippen LogP contribution in [0.2, 0.25) is 0 Å². The number of nitrogens with zero attached hydrogens (tertiary/aromatic N) is 4. The molecule has 0 radical (unpaired) electrons. The van der Waals surface area contributed by atoms with Crippen molar-refractivity contribution in [2.45, 2.75) is 20.8 Å². The number of amides is 1. The lowest BCUT2D eigenvalue weighted by Crippen LogP contribution is -2.16. The van der Waals surface area contributed by atoms with Crippen LogP contribution in [-0.2, 0) is 0 Å². The lowest BCUT2D eigenvalue weighted by molar-refractivity contribution is 0.102. The predicted molar refractivity (Wildman–Crippen MR) is 79.4 cm³/mol. The van der Waals surface area contributed by atoms with Crippen molar-refractivity contribution in [3.05, 3.63) is 53.1 Å². The molecule has 0 atom stereocenters. The van der Waals surface area contributed by atoms with Crippen molar-refractivity contribution < 1.29 is 4.79 Å². The minimum absolute atomic E-state index is 0.209. The van der Waals surface area contributed by atoms with E-state index in [1.165, 1.54) is 6.20 Å². The van der Waals surface area contributed by atoms with Gasteiger partial charge in [-0.25, -0.2) is 9.50 Å². The number of hydrogen-bond acceptors (Lipinski definition) is 4. The molecule has 3 aromatic rings. The van der Waals surface area contributed by atoms with Gasteiger partial charge in [0, 0.05) is 11.9 Å². The van der Waals surface area contributed by atoms with Crippen LogP contribution in [-0.4, -0.2) is 25.5 Å². The summed E-state index contributed by atoms with van der Waals surface area (Å²) in [5.74, 6) is 0.914. The van der Waals surface area contributed by atoms with Crippen molar-refractivity contribution in [1.82, 2.24) is 19.6 Å². The highest BCUT2D eigenvalue weighted by molar-refractivity contribution is 6.04. The summed E-state index contributed by atoms with van der Waals surface area (Å²) in [5.41, 5.74) is 3.09. The summed E-state index contributed by atoms with van der Waals surface area (Å²) < 4.78 is 1.58. The molecule has 6 heteroatoms. The SMILES string of the molecule is Cc1ccc(NC(=O)c2cnc3nc(C)nn3c2C)cc1. The molecule has 0 unspecified atom stereocenters. The van der Waals surface area contributed by atoms with E-state index in [1.807, 2.05) is 38.1 Å². The van der Waals surface area contributed by atoms with Crippen LogP contribution in [0.15, 0.2) is 30.5 Å². The van der Waals surface area contributed by atoms with Gasteiger partial charge in [0.05, 0.1) is 11.3 Å². The molecule has 6 nitrogen and oxygen atoms in total. The predicted octanol–water partition coefficient (Wildman–Crippen LogP) is 2.30. The third-order valence-electron chi connectivity index (χ3n) is 3.27. The molecule has 1 aromatic carbocycles. The summed E-state index contributed by atoms with van der Waals surface area (Å²) >= 11 is 0. The minimum atomic E-state index is -0.209. The highest BCUT2D eigenvalue weighted by Gasteiger charge is 2.14. The number of anilines is 1. The molecule has 1 amide bonds. The summed E-state index contributed by atoms with van der Waals surface area (Å²) in [5, 5.41) is 7.09. The Morgan fingerprint density at radius 2 is 1.86 bits per heavy atom. The summed E-state index contributed by atoms with van der Waals surface area (Å²) in [6.45, 7) is 5.62. The Hall–Kier alpha value is -2.76. The summed E-state index contributed by atoms with van der Waals surface area (Å²) in [6.07, 6.45) is 1.53. The molecule has 0 saturated heterocycles. The van der Waals surface area contributed by atoms with E-state index in [2.05, 4.69) is 20.4 Å². The summed E-state index contributed by atoms with van der Waals surface area (Å²) in [4.78, 5) is 20.7. The topological polar surface area (TPSA) is 72.2 Å². The maximum absolute atomic E-state index is 12.4. The van der Waals surface area contributed by atoms with Gasteiger partial charge in [-0.2, -0.15) is 10.1 Å². The van der Waals surface area contributed by atoms with E-state index in [1.54, 1.807) is 11.4 Å². The van der Waals surface area contributed by atoms with Gasteiger partial charge in [-0.15, -0.1) is 0 Å². The highest BCUT2D eigenvalue weighted by Crippen LogP contribution is 2.13. The number of nitrogens with one attached hydrogen (secondary N) is 1. The van der Waals surface area contributed by atoms with Crippen LogP contribution in [0, 0.1) is 20.8 Å². The number of hydrogen-bond donors (Lipinski definition) is 1. The molecule has 0 aliphatic heterocycles. The summed E-state index contributed by atoms with van der Waals surface area (Å²) in [6, 6.07) is 7.64. The third kappa shape index (κ3) is 2.47. The number of carbonyl (C=O) groups is 1. The van der Waals surface area contributed by atoms with Gasteiger partial charge in [0.2, 0.25) is 0 Å². The third-order valence-corrected chi connectivity index (χ3v) is 3.27. The van der Waals surface area contributed by atoms with Crippen molar-refractivity contribution in [1.29, 1.82) is 0 Å². The quantitative estimate of drug-likeness (QED) is 0.782. The van der Waals surface area contributed by atoms with Crippen LogP contribution < -0.4 is 5.32 Å². The molecule has 2 heterocycles. The van der Waals surface area contributed by atoms with Gasteiger partial charge in [-0.05, 0) is 32.9 Å². The maximum Gasteiger partial charge on any atom is 0.259 e. The molecule has 0 saturated carbocycles. The van der Waals surface area contributed by atoms with Crippen LogP contribution in [0.25, 0.3) is 5.78 Å². The average Bonchev–Trinajstić information content (AvgIpc) is 2.83. The van der Waals surface area contributed by atoms with Gasteiger partial charge in [0.15, 0.2) is 0 Å². The van der Waals surface area contributed by atoms with Gasteiger partial charge in [-0.1, -0.05) is 17.7 Å². The molecule has 0 bridgehead atoms. The van der Waals surface area contributed by atoms with Crippen LogP contribution in [0.4, 0.5) is 5.69 Å². The van der Waals surface area contributed by atoms with Gasteiger partial charge >= 0.3 is 0 Å². The zero-order chi connectivity index (χ0) is 15.0.